The van der Waals surface area contributed by atoms with Crippen molar-refractivity contribution >= 4 is 17.0 Å². The van der Waals surface area contributed by atoms with Crippen LogP contribution in [-0.4, -0.2) is 19.2 Å². The van der Waals surface area contributed by atoms with Crippen LogP contribution in [0.15, 0.2) is 42.7 Å². The average Bonchev–Trinajstić information content (AvgIpc) is 2.39. The fraction of sp³-hybridized carbons (Fsp3) is 0.154. The molecule has 90 valence electrons. The van der Waals surface area contributed by atoms with Crippen LogP contribution in [0.3, 0.4) is 0 Å². The van der Waals surface area contributed by atoms with Crippen molar-refractivity contribution in [2.75, 3.05) is 14.2 Å². The summed E-state index contributed by atoms with van der Waals surface area (Å²) in [6.07, 6.45) is 3.54. The number of rotatable bonds is 3. The molecule has 3 nitrogen and oxygen atoms in total. The molecule has 2 rings (SSSR count). The number of hydrogen-bond donors (Lipinski definition) is 0. The zero-order valence-electron chi connectivity index (χ0n) is 9.71. The molecule has 4 heteroatoms. The van der Waals surface area contributed by atoms with Gasteiger partial charge < -0.3 is 9.47 Å². The second kappa shape index (κ2) is 6.25. The molecule has 1 heterocycles. The topological polar surface area (TPSA) is 31.4 Å². The highest BCUT2D eigenvalue weighted by Crippen LogP contribution is 2.31. The molecule has 0 aliphatic heterocycles. The van der Waals surface area contributed by atoms with Crippen LogP contribution >= 0.6 is 17.0 Å². The van der Waals surface area contributed by atoms with Crippen LogP contribution in [0.1, 0.15) is 0 Å². The van der Waals surface area contributed by atoms with Crippen LogP contribution in [-0.2, 0) is 0 Å². The molecular formula is C13H14BrNO2. The van der Waals surface area contributed by atoms with Gasteiger partial charge in [0, 0.05) is 12.4 Å². The van der Waals surface area contributed by atoms with Gasteiger partial charge in [-0.25, -0.2) is 0 Å². The number of halogens is 1. The Hall–Kier alpha value is -1.55. The molecule has 2 aromatic rings. The van der Waals surface area contributed by atoms with Gasteiger partial charge in [0.05, 0.1) is 14.2 Å². The van der Waals surface area contributed by atoms with Crippen molar-refractivity contribution < 1.29 is 9.47 Å². The molecule has 1 aromatic heterocycles. The molecule has 0 amide bonds. The van der Waals surface area contributed by atoms with Crippen molar-refractivity contribution in [2.24, 2.45) is 0 Å². The van der Waals surface area contributed by atoms with Gasteiger partial charge in [0.25, 0.3) is 0 Å². The Balaban J connectivity index is 0.00000144. The lowest BCUT2D eigenvalue weighted by molar-refractivity contribution is 0.355. The maximum Gasteiger partial charge on any atom is 0.161 e. The van der Waals surface area contributed by atoms with Crippen molar-refractivity contribution in [3.8, 4) is 22.6 Å². The summed E-state index contributed by atoms with van der Waals surface area (Å²) in [5.74, 6) is 1.47. The summed E-state index contributed by atoms with van der Waals surface area (Å²) in [5.41, 5.74) is 2.19. The Morgan fingerprint density at radius 2 is 1.47 bits per heavy atom. The van der Waals surface area contributed by atoms with Gasteiger partial charge in [0.2, 0.25) is 0 Å². The summed E-state index contributed by atoms with van der Waals surface area (Å²) in [5, 5.41) is 0. The Kier molecular flexibility index (Phi) is 4.97. The molecule has 0 saturated carbocycles. The lowest BCUT2D eigenvalue weighted by atomic mass is 10.1. The lowest BCUT2D eigenvalue weighted by Crippen LogP contribution is -1.90. The van der Waals surface area contributed by atoms with E-state index in [1.54, 1.807) is 26.6 Å². The van der Waals surface area contributed by atoms with E-state index in [9.17, 15) is 0 Å². The van der Waals surface area contributed by atoms with Gasteiger partial charge in [-0.15, -0.1) is 17.0 Å². The third kappa shape index (κ3) is 2.97. The second-order valence-corrected chi connectivity index (χ2v) is 3.31. The minimum absolute atomic E-state index is 0. The van der Waals surface area contributed by atoms with E-state index in [4.69, 9.17) is 9.47 Å². The van der Waals surface area contributed by atoms with Crippen LogP contribution in [0.5, 0.6) is 11.5 Å². The maximum atomic E-state index is 5.26. The largest absolute Gasteiger partial charge is 0.493 e. The maximum absolute atomic E-state index is 5.26. The number of ether oxygens (including phenoxy) is 2. The zero-order valence-corrected chi connectivity index (χ0v) is 11.4. The van der Waals surface area contributed by atoms with Crippen LogP contribution in [0, 0.1) is 0 Å². The first-order valence-electron chi connectivity index (χ1n) is 4.97. The Bertz CT molecular complexity index is 474. The Morgan fingerprint density at radius 1 is 0.824 bits per heavy atom. The molecule has 0 atom stereocenters. The highest BCUT2D eigenvalue weighted by molar-refractivity contribution is 8.93. The molecule has 0 bridgehead atoms. The molecule has 0 saturated heterocycles. The zero-order chi connectivity index (χ0) is 11.4. The van der Waals surface area contributed by atoms with Gasteiger partial charge in [-0.2, -0.15) is 0 Å². The van der Waals surface area contributed by atoms with E-state index in [-0.39, 0.29) is 17.0 Å². The predicted octanol–water partition coefficient (Wildman–Crippen LogP) is 3.34. The van der Waals surface area contributed by atoms with E-state index in [2.05, 4.69) is 4.98 Å². The first-order chi connectivity index (χ1) is 7.85. The van der Waals surface area contributed by atoms with E-state index >= 15 is 0 Å². The monoisotopic (exact) mass is 295 g/mol. The summed E-state index contributed by atoms with van der Waals surface area (Å²) in [6.45, 7) is 0. The second-order valence-electron chi connectivity index (χ2n) is 3.31. The molecule has 1 aromatic carbocycles. The molecule has 0 aliphatic carbocycles. The fourth-order valence-electron chi connectivity index (χ4n) is 1.56. The van der Waals surface area contributed by atoms with Gasteiger partial charge in [0.1, 0.15) is 0 Å². The Morgan fingerprint density at radius 3 is 2.06 bits per heavy atom. The van der Waals surface area contributed by atoms with Crippen LogP contribution in [0.4, 0.5) is 0 Å². The first kappa shape index (κ1) is 13.5. The molecule has 0 spiro atoms. The quantitative estimate of drug-likeness (QED) is 0.870. The molecule has 0 N–H and O–H groups in total. The summed E-state index contributed by atoms with van der Waals surface area (Å²) >= 11 is 0. The molecule has 0 radical (unpaired) electrons. The van der Waals surface area contributed by atoms with Gasteiger partial charge >= 0.3 is 0 Å². The van der Waals surface area contributed by atoms with E-state index < -0.39 is 0 Å². The van der Waals surface area contributed by atoms with Gasteiger partial charge in [-0.3, -0.25) is 4.98 Å². The SMILES string of the molecule is Br.COc1ccc(-c2ccncc2)cc1OC. The van der Waals surface area contributed by atoms with Gasteiger partial charge in [-0.1, -0.05) is 6.07 Å². The van der Waals surface area contributed by atoms with E-state index in [1.807, 2.05) is 30.3 Å². The van der Waals surface area contributed by atoms with Gasteiger partial charge in [-0.05, 0) is 35.4 Å². The normalized spacial score (nSPS) is 9.29. The lowest BCUT2D eigenvalue weighted by Gasteiger charge is -2.09. The number of pyridine rings is 1. The first-order valence-corrected chi connectivity index (χ1v) is 4.97. The van der Waals surface area contributed by atoms with E-state index in [1.165, 1.54) is 0 Å². The van der Waals surface area contributed by atoms with Crippen LogP contribution in [0.25, 0.3) is 11.1 Å². The van der Waals surface area contributed by atoms with Crippen LogP contribution in [0.2, 0.25) is 0 Å². The average molecular weight is 296 g/mol. The summed E-state index contributed by atoms with van der Waals surface area (Å²) in [4.78, 5) is 3.99. The molecule has 17 heavy (non-hydrogen) atoms. The molecule has 0 aliphatic rings. The Labute approximate surface area is 111 Å². The third-order valence-electron chi connectivity index (χ3n) is 2.40. The molecule has 0 unspecified atom stereocenters. The summed E-state index contributed by atoms with van der Waals surface area (Å²) < 4.78 is 10.4. The summed E-state index contributed by atoms with van der Waals surface area (Å²) in [7, 11) is 3.26. The van der Waals surface area contributed by atoms with Crippen molar-refractivity contribution in [3.05, 3.63) is 42.7 Å². The minimum atomic E-state index is 0. The molecular weight excluding hydrogens is 282 g/mol. The van der Waals surface area contributed by atoms with Gasteiger partial charge in [0.15, 0.2) is 11.5 Å². The van der Waals surface area contributed by atoms with Crippen molar-refractivity contribution in [2.45, 2.75) is 0 Å². The standard InChI is InChI=1S/C13H13NO2.BrH/c1-15-12-4-3-11(9-13(12)16-2)10-5-7-14-8-6-10;/h3-9H,1-2H3;1H. The summed E-state index contributed by atoms with van der Waals surface area (Å²) in [6, 6.07) is 9.77. The molecule has 0 fully saturated rings. The van der Waals surface area contributed by atoms with E-state index in [0.717, 1.165) is 22.6 Å². The predicted molar refractivity (Wildman–Crippen MR) is 73.1 cm³/mol. The number of aromatic nitrogens is 1. The van der Waals surface area contributed by atoms with Crippen LogP contribution < -0.4 is 9.47 Å². The van der Waals surface area contributed by atoms with Crippen molar-refractivity contribution in [1.82, 2.24) is 4.98 Å². The van der Waals surface area contributed by atoms with E-state index in [0.29, 0.717) is 0 Å². The minimum Gasteiger partial charge on any atom is -0.493 e. The number of benzene rings is 1. The number of methoxy groups -OCH3 is 2. The fourth-order valence-corrected chi connectivity index (χ4v) is 1.56. The highest BCUT2D eigenvalue weighted by Gasteiger charge is 2.05. The third-order valence-corrected chi connectivity index (χ3v) is 2.40. The number of nitrogens with zero attached hydrogens (tertiary/aromatic N) is 1. The van der Waals surface area contributed by atoms with Crippen molar-refractivity contribution in [1.29, 1.82) is 0 Å². The number of hydrogen-bond acceptors (Lipinski definition) is 3. The van der Waals surface area contributed by atoms with Crippen molar-refractivity contribution in [3.63, 3.8) is 0 Å². The smallest absolute Gasteiger partial charge is 0.161 e. The highest BCUT2D eigenvalue weighted by atomic mass is 79.9.